The molecule has 1 saturated heterocycles. The van der Waals surface area contributed by atoms with Crippen molar-refractivity contribution in [2.45, 2.75) is 11.8 Å². The summed E-state index contributed by atoms with van der Waals surface area (Å²) >= 11 is 2.46. The van der Waals surface area contributed by atoms with Gasteiger partial charge in [-0.1, -0.05) is 17.8 Å². The normalized spacial score (nSPS) is 22.7. The number of fused-ring (bicyclic) bond motifs is 1. The number of carboxylic acids is 1. The van der Waals surface area contributed by atoms with Crippen molar-refractivity contribution < 1.29 is 24.7 Å². The average Bonchev–Trinajstić information content (AvgIpc) is 3.04. The van der Waals surface area contributed by atoms with E-state index in [1.807, 2.05) is 0 Å². The molecule has 1 amide bonds. The van der Waals surface area contributed by atoms with Gasteiger partial charge in [0.2, 0.25) is 5.91 Å². The second-order valence-corrected chi connectivity index (χ2v) is 7.54. The Balaban J connectivity index is 1.78. The van der Waals surface area contributed by atoms with E-state index < -0.39 is 29.0 Å². The van der Waals surface area contributed by atoms with Crippen LogP contribution in [0.4, 0.5) is 5.13 Å². The minimum absolute atomic E-state index is 0.0965. The number of hydrogen-bond donors (Lipinski definition) is 3. The summed E-state index contributed by atoms with van der Waals surface area (Å²) < 4.78 is 0. The van der Waals surface area contributed by atoms with Gasteiger partial charge in [-0.25, -0.2) is 9.78 Å². The summed E-state index contributed by atoms with van der Waals surface area (Å²) in [4.78, 5) is 41.5. The smallest absolute Gasteiger partial charge is 0.352 e. The number of β-lactam (4-membered cyclic amide) rings is 1. The van der Waals surface area contributed by atoms with E-state index in [4.69, 9.17) is 10.9 Å². The summed E-state index contributed by atoms with van der Waals surface area (Å²) in [5, 5.41) is 22.7. The fourth-order valence-electron chi connectivity index (χ4n) is 2.88. The number of carboxylic acid groups (broad SMARTS) is 1. The molecule has 0 spiro atoms. The maximum atomic E-state index is 12.5. The molecule has 0 aromatic carbocycles. The minimum atomic E-state index is -1.21. The lowest BCUT2D eigenvalue weighted by atomic mass is 9.89. The van der Waals surface area contributed by atoms with Gasteiger partial charge in [0.05, 0.1) is 11.3 Å². The van der Waals surface area contributed by atoms with Crippen molar-refractivity contribution in [2.24, 2.45) is 11.1 Å². The fourth-order valence-corrected chi connectivity index (χ4v) is 4.83. The van der Waals surface area contributed by atoms with Gasteiger partial charge in [-0.05, 0) is 5.57 Å². The van der Waals surface area contributed by atoms with E-state index in [0.717, 1.165) is 11.3 Å². The lowest BCUT2D eigenvalue weighted by Crippen LogP contribution is -2.62. The van der Waals surface area contributed by atoms with Gasteiger partial charge in [-0.2, -0.15) is 0 Å². The SMILES string of the molecule is C=CC1=C(C(=O)O)N2C(=O)[C@@H](CC(=O)/C(=N\O)c3csc(N)n3)C2SC1. The highest BCUT2D eigenvalue weighted by atomic mass is 32.2. The first-order valence-corrected chi connectivity index (χ1v) is 9.32. The molecule has 0 aliphatic carbocycles. The van der Waals surface area contributed by atoms with Crippen LogP contribution in [0.5, 0.6) is 0 Å². The number of rotatable bonds is 6. The second kappa shape index (κ2) is 6.92. The number of thiazole rings is 1. The van der Waals surface area contributed by atoms with Gasteiger partial charge in [0.25, 0.3) is 0 Å². The molecule has 2 aliphatic heterocycles. The number of nitrogen functional groups attached to an aromatic ring is 1. The molecule has 11 heteroatoms. The van der Waals surface area contributed by atoms with Crippen LogP contribution < -0.4 is 5.73 Å². The van der Waals surface area contributed by atoms with Crippen molar-refractivity contribution in [3.8, 4) is 0 Å². The first-order chi connectivity index (χ1) is 12.4. The van der Waals surface area contributed by atoms with Crippen LogP contribution in [0, 0.1) is 5.92 Å². The zero-order valence-electron chi connectivity index (χ0n) is 13.3. The van der Waals surface area contributed by atoms with Crippen LogP contribution in [0.1, 0.15) is 12.1 Å². The molecule has 1 unspecified atom stereocenters. The molecule has 0 bridgehead atoms. The average molecular weight is 394 g/mol. The number of nitrogens with zero attached hydrogens (tertiary/aromatic N) is 3. The van der Waals surface area contributed by atoms with E-state index >= 15 is 0 Å². The van der Waals surface area contributed by atoms with Crippen molar-refractivity contribution in [3.05, 3.63) is 35.0 Å². The molecule has 136 valence electrons. The van der Waals surface area contributed by atoms with E-state index in [1.165, 1.54) is 28.1 Å². The molecule has 2 atom stereocenters. The standard InChI is InChI=1S/C15H14N4O5S2/c1-2-6-4-25-13-7(12(21)19(13)11(6)14(22)23)3-9(20)10(18-24)8-5-26-15(16)17-8/h2,5,7,13,24H,1,3-4H2,(H2,16,17)(H,22,23)/b18-10-/t7-,13?/m1/s1. The van der Waals surface area contributed by atoms with Crippen LogP contribution in [0.2, 0.25) is 0 Å². The van der Waals surface area contributed by atoms with E-state index in [0.29, 0.717) is 11.3 Å². The first-order valence-electron chi connectivity index (χ1n) is 7.39. The predicted octanol–water partition coefficient (Wildman–Crippen LogP) is 0.919. The topological polar surface area (TPSA) is 146 Å². The van der Waals surface area contributed by atoms with E-state index in [-0.39, 0.29) is 28.7 Å². The van der Waals surface area contributed by atoms with Crippen molar-refractivity contribution in [1.82, 2.24) is 9.88 Å². The van der Waals surface area contributed by atoms with Crippen LogP contribution in [0.25, 0.3) is 0 Å². The molecule has 26 heavy (non-hydrogen) atoms. The maximum absolute atomic E-state index is 12.5. The van der Waals surface area contributed by atoms with Crippen molar-refractivity contribution in [3.63, 3.8) is 0 Å². The minimum Gasteiger partial charge on any atom is -0.477 e. The van der Waals surface area contributed by atoms with Crippen molar-refractivity contribution in [2.75, 3.05) is 11.5 Å². The highest BCUT2D eigenvalue weighted by Gasteiger charge is 2.53. The Morgan fingerprint density at radius 3 is 2.81 bits per heavy atom. The maximum Gasteiger partial charge on any atom is 0.352 e. The number of anilines is 1. The molecule has 9 nitrogen and oxygen atoms in total. The molecular weight excluding hydrogens is 380 g/mol. The van der Waals surface area contributed by atoms with Crippen molar-refractivity contribution >= 4 is 51.6 Å². The summed E-state index contributed by atoms with van der Waals surface area (Å²) in [6, 6.07) is 0. The Labute approximate surface area is 155 Å². The summed E-state index contributed by atoms with van der Waals surface area (Å²) in [6.07, 6.45) is 1.21. The summed E-state index contributed by atoms with van der Waals surface area (Å²) in [5.74, 6) is -2.54. The Bertz CT molecular complexity index is 875. The van der Waals surface area contributed by atoms with Gasteiger partial charge < -0.3 is 16.0 Å². The van der Waals surface area contributed by atoms with Crippen LogP contribution >= 0.6 is 23.1 Å². The largest absolute Gasteiger partial charge is 0.477 e. The molecule has 1 fully saturated rings. The number of allylic oxidation sites excluding steroid dienone is 1. The molecule has 1 aromatic heterocycles. The van der Waals surface area contributed by atoms with Crippen LogP contribution in [0.3, 0.4) is 0 Å². The lowest BCUT2D eigenvalue weighted by Gasteiger charge is -2.49. The predicted molar refractivity (Wildman–Crippen MR) is 95.9 cm³/mol. The fraction of sp³-hybridized carbons (Fsp3) is 0.267. The Morgan fingerprint density at radius 1 is 1.54 bits per heavy atom. The van der Waals surface area contributed by atoms with E-state index in [9.17, 15) is 19.5 Å². The number of carbonyl (C=O) groups is 3. The third kappa shape index (κ3) is 2.88. The highest BCUT2D eigenvalue weighted by Crippen LogP contribution is 2.45. The number of carbonyl (C=O) groups excluding carboxylic acids is 2. The second-order valence-electron chi connectivity index (χ2n) is 5.55. The van der Waals surface area contributed by atoms with Gasteiger partial charge in [0.1, 0.15) is 11.4 Å². The molecule has 3 rings (SSSR count). The molecular formula is C15H14N4O5S2. The molecule has 0 radical (unpaired) electrons. The number of Topliss-reactive ketones (excluding diaryl/α,β-unsaturated/α-hetero) is 1. The van der Waals surface area contributed by atoms with Crippen LogP contribution in [-0.4, -0.2) is 54.7 Å². The first kappa shape index (κ1) is 18.1. The molecule has 4 N–H and O–H groups in total. The number of amides is 1. The summed E-state index contributed by atoms with van der Waals surface area (Å²) in [7, 11) is 0. The highest BCUT2D eigenvalue weighted by molar-refractivity contribution is 8.00. The number of oxime groups is 1. The summed E-state index contributed by atoms with van der Waals surface area (Å²) in [5.41, 5.74) is 5.75. The summed E-state index contributed by atoms with van der Waals surface area (Å²) in [6.45, 7) is 3.58. The van der Waals surface area contributed by atoms with Gasteiger partial charge >= 0.3 is 5.97 Å². The number of ketones is 1. The number of thioether (sulfide) groups is 1. The van der Waals surface area contributed by atoms with E-state index in [2.05, 4.69) is 16.7 Å². The third-order valence-corrected chi connectivity index (χ3v) is 6.12. The Morgan fingerprint density at radius 2 is 2.27 bits per heavy atom. The van der Waals surface area contributed by atoms with Crippen molar-refractivity contribution in [1.29, 1.82) is 0 Å². The Hall–Kier alpha value is -2.66. The molecule has 1 aromatic rings. The number of nitrogens with two attached hydrogens (primary N) is 1. The van der Waals surface area contributed by atoms with Crippen LogP contribution in [-0.2, 0) is 14.4 Å². The number of aliphatic carboxylic acids is 1. The van der Waals surface area contributed by atoms with Crippen LogP contribution in [0.15, 0.2) is 34.5 Å². The Kier molecular flexibility index (Phi) is 4.83. The van der Waals surface area contributed by atoms with Gasteiger partial charge in [0, 0.05) is 17.6 Å². The monoisotopic (exact) mass is 394 g/mol. The lowest BCUT2D eigenvalue weighted by molar-refractivity contribution is -0.153. The zero-order valence-corrected chi connectivity index (χ0v) is 14.9. The van der Waals surface area contributed by atoms with E-state index in [1.54, 1.807) is 0 Å². The van der Waals surface area contributed by atoms with Gasteiger partial charge in [0.15, 0.2) is 16.6 Å². The molecule has 0 saturated carbocycles. The quantitative estimate of drug-likeness (QED) is 0.279. The molecule has 3 heterocycles. The van der Waals surface area contributed by atoms with Gasteiger partial charge in [-0.15, -0.1) is 23.1 Å². The number of aromatic nitrogens is 1. The zero-order chi connectivity index (χ0) is 19.0. The third-order valence-electron chi connectivity index (χ3n) is 4.09. The van der Waals surface area contributed by atoms with Gasteiger partial charge in [-0.3, -0.25) is 14.5 Å². The number of hydrogen-bond acceptors (Lipinski definition) is 9. The molecule has 2 aliphatic rings.